The fraction of sp³-hybridized carbons (Fsp3) is 0.556. The van der Waals surface area contributed by atoms with Gasteiger partial charge in [-0.3, -0.25) is 9.36 Å². The van der Waals surface area contributed by atoms with E-state index in [4.69, 9.17) is 0 Å². The number of nitrogens with one attached hydrogen (secondary N) is 1. The van der Waals surface area contributed by atoms with Crippen LogP contribution >= 0.6 is 0 Å². The molecular weight excluding hydrogens is 166 g/mol. The molecular formula is C9H13N3O. The second-order valence-corrected chi connectivity index (χ2v) is 3.55. The molecule has 0 fully saturated rings. The summed E-state index contributed by atoms with van der Waals surface area (Å²) in [6.07, 6.45) is 0.984. The number of rotatable bonds is 0. The third-order valence-corrected chi connectivity index (χ3v) is 2.30. The summed E-state index contributed by atoms with van der Waals surface area (Å²) in [5.74, 6) is 0.712. The first-order valence-corrected chi connectivity index (χ1v) is 4.52. The van der Waals surface area contributed by atoms with Crippen molar-refractivity contribution in [2.75, 3.05) is 5.32 Å². The first kappa shape index (κ1) is 8.29. The lowest BCUT2D eigenvalue weighted by molar-refractivity contribution is 0.529. The third kappa shape index (κ3) is 1.43. The summed E-state index contributed by atoms with van der Waals surface area (Å²) in [5, 5.41) is 3.19. The number of nitrogens with zero attached hydrogens (tertiary/aromatic N) is 2. The molecule has 0 aromatic carbocycles. The zero-order chi connectivity index (χ0) is 9.42. The standard InChI is InChI=1S/C9H13N3O/c1-6-3-4-12-8(13)5-7(2)11-9(12)10-6/h5-6H,3-4H2,1-2H3,(H,10,11). The van der Waals surface area contributed by atoms with E-state index in [9.17, 15) is 4.79 Å². The predicted octanol–water partition coefficient (Wildman–Crippen LogP) is 0.756. The molecule has 70 valence electrons. The van der Waals surface area contributed by atoms with Crippen LogP contribution in [0.3, 0.4) is 0 Å². The van der Waals surface area contributed by atoms with Crippen LogP contribution in [-0.4, -0.2) is 15.6 Å². The summed E-state index contributed by atoms with van der Waals surface area (Å²) in [4.78, 5) is 15.8. The third-order valence-electron chi connectivity index (χ3n) is 2.30. The molecule has 0 amide bonds. The zero-order valence-electron chi connectivity index (χ0n) is 7.87. The molecule has 0 saturated heterocycles. The molecule has 4 heteroatoms. The van der Waals surface area contributed by atoms with Crippen molar-refractivity contribution >= 4 is 5.95 Å². The Morgan fingerprint density at radius 2 is 2.46 bits per heavy atom. The van der Waals surface area contributed by atoms with Crippen LogP contribution in [-0.2, 0) is 6.54 Å². The van der Waals surface area contributed by atoms with Crippen molar-refractivity contribution < 1.29 is 0 Å². The minimum Gasteiger partial charge on any atom is -0.353 e. The first-order valence-electron chi connectivity index (χ1n) is 4.52. The van der Waals surface area contributed by atoms with E-state index in [0.29, 0.717) is 12.0 Å². The molecule has 0 saturated carbocycles. The summed E-state index contributed by atoms with van der Waals surface area (Å²) in [7, 11) is 0. The summed E-state index contributed by atoms with van der Waals surface area (Å²) >= 11 is 0. The van der Waals surface area contributed by atoms with Gasteiger partial charge in [0.1, 0.15) is 0 Å². The highest BCUT2D eigenvalue weighted by Gasteiger charge is 2.15. The van der Waals surface area contributed by atoms with Crippen molar-refractivity contribution in [2.45, 2.75) is 32.9 Å². The molecule has 1 atom stereocenters. The molecule has 1 aliphatic heterocycles. The molecule has 1 N–H and O–H groups in total. The van der Waals surface area contributed by atoms with Gasteiger partial charge in [0, 0.05) is 24.3 Å². The molecule has 1 unspecified atom stereocenters. The number of hydrogen-bond donors (Lipinski definition) is 1. The Bertz CT molecular complexity index is 383. The summed E-state index contributed by atoms with van der Waals surface area (Å²) in [6, 6.07) is 1.98. The maximum atomic E-state index is 11.5. The number of hydrogen-bond acceptors (Lipinski definition) is 3. The van der Waals surface area contributed by atoms with Crippen molar-refractivity contribution in [2.24, 2.45) is 0 Å². The Balaban J connectivity index is 2.53. The number of fused-ring (bicyclic) bond motifs is 1. The molecule has 2 rings (SSSR count). The van der Waals surface area contributed by atoms with Crippen LogP contribution < -0.4 is 10.9 Å². The minimum absolute atomic E-state index is 0.0434. The highest BCUT2D eigenvalue weighted by atomic mass is 16.1. The lowest BCUT2D eigenvalue weighted by Crippen LogP contribution is -2.34. The van der Waals surface area contributed by atoms with E-state index < -0.39 is 0 Å². The maximum Gasteiger partial charge on any atom is 0.255 e. The van der Waals surface area contributed by atoms with Crippen LogP contribution in [0.2, 0.25) is 0 Å². The van der Waals surface area contributed by atoms with Gasteiger partial charge >= 0.3 is 0 Å². The molecule has 13 heavy (non-hydrogen) atoms. The number of anilines is 1. The Morgan fingerprint density at radius 3 is 3.23 bits per heavy atom. The largest absolute Gasteiger partial charge is 0.353 e. The Kier molecular flexibility index (Phi) is 1.83. The average Bonchev–Trinajstić information content (AvgIpc) is 2.02. The lowest BCUT2D eigenvalue weighted by atomic mass is 10.2. The van der Waals surface area contributed by atoms with Gasteiger partial charge in [-0.25, -0.2) is 4.98 Å². The molecule has 0 radical (unpaired) electrons. The normalized spacial score (nSPS) is 20.6. The van der Waals surface area contributed by atoms with Crippen molar-refractivity contribution in [1.82, 2.24) is 9.55 Å². The van der Waals surface area contributed by atoms with E-state index >= 15 is 0 Å². The predicted molar refractivity (Wildman–Crippen MR) is 50.9 cm³/mol. The molecule has 0 aliphatic carbocycles. The van der Waals surface area contributed by atoms with E-state index in [1.165, 1.54) is 0 Å². The number of aromatic nitrogens is 2. The molecule has 1 aromatic heterocycles. The van der Waals surface area contributed by atoms with Crippen LogP contribution in [0.25, 0.3) is 0 Å². The van der Waals surface area contributed by atoms with Gasteiger partial charge in [0.25, 0.3) is 5.56 Å². The lowest BCUT2D eigenvalue weighted by Gasteiger charge is -2.24. The highest BCUT2D eigenvalue weighted by Crippen LogP contribution is 2.12. The average molecular weight is 179 g/mol. The van der Waals surface area contributed by atoms with Crippen LogP contribution in [0.1, 0.15) is 19.0 Å². The minimum atomic E-state index is 0.0434. The zero-order valence-corrected chi connectivity index (χ0v) is 7.87. The quantitative estimate of drug-likeness (QED) is 0.639. The first-order chi connectivity index (χ1) is 6.16. The smallest absolute Gasteiger partial charge is 0.255 e. The SMILES string of the molecule is Cc1cc(=O)n2c(n1)NC(C)CC2. The maximum absolute atomic E-state index is 11.5. The van der Waals surface area contributed by atoms with Crippen LogP contribution in [0, 0.1) is 6.92 Å². The van der Waals surface area contributed by atoms with Crippen molar-refractivity contribution in [1.29, 1.82) is 0 Å². The van der Waals surface area contributed by atoms with Crippen LogP contribution in [0.5, 0.6) is 0 Å². The van der Waals surface area contributed by atoms with Gasteiger partial charge in [-0.05, 0) is 20.3 Å². The van der Waals surface area contributed by atoms with E-state index in [1.807, 2.05) is 6.92 Å². The number of aryl methyl sites for hydroxylation is 1. The van der Waals surface area contributed by atoms with E-state index in [-0.39, 0.29) is 5.56 Å². The Hall–Kier alpha value is -1.32. The van der Waals surface area contributed by atoms with E-state index in [2.05, 4.69) is 17.2 Å². The Morgan fingerprint density at radius 1 is 1.69 bits per heavy atom. The summed E-state index contributed by atoms with van der Waals surface area (Å²) in [5.41, 5.74) is 0.819. The van der Waals surface area contributed by atoms with E-state index in [1.54, 1.807) is 10.6 Å². The molecule has 0 spiro atoms. The molecule has 1 aliphatic rings. The fourth-order valence-electron chi connectivity index (χ4n) is 1.56. The van der Waals surface area contributed by atoms with Gasteiger partial charge < -0.3 is 5.32 Å². The van der Waals surface area contributed by atoms with E-state index in [0.717, 1.165) is 18.7 Å². The molecule has 0 bridgehead atoms. The topological polar surface area (TPSA) is 46.9 Å². The summed E-state index contributed by atoms with van der Waals surface area (Å²) < 4.78 is 1.69. The highest BCUT2D eigenvalue weighted by molar-refractivity contribution is 5.30. The van der Waals surface area contributed by atoms with Gasteiger partial charge in [-0.1, -0.05) is 0 Å². The van der Waals surface area contributed by atoms with Crippen LogP contribution in [0.4, 0.5) is 5.95 Å². The van der Waals surface area contributed by atoms with Crippen molar-refractivity contribution in [3.05, 3.63) is 22.1 Å². The van der Waals surface area contributed by atoms with Gasteiger partial charge in [-0.15, -0.1) is 0 Å². The van der Waals surface area contributed by atoms with Gasteiger partial charge in [0.05, 0.1) is 0 Å². The Labute approximate surface area is 76.6 Å². The second kappa shape index (κ2) is 2.87. The molecule has 2 heterocycles. The van der Waals surface area contributed by atoms with Gasteiger partial charge in [-0.2, -0.15) is 0 Å². The van der Waals surface area contributed by atoms with Crippen LogP contribution in [0.15, 0.2) is 10.9 Å². The van der Waals surface area contributed by atoms with Crippen molar-refractivity contribution in [3.8, 4) is 0 Å². The van der Waals surface area contributed by atoms with Crippen molar-refractivity contribution in [3.63, 3.8) is 0 Å². The second-order valence-electron chi connectivity index (χ2n) is 3.55. The van der Waals surface area contributed by atoms with Gasteiger partial charge in [0.15, 0.2) is 0 Å². The molecule has 1 aromatic rings. The fourth-order valence-corrected chi connectivity index (χ4v) is 1.56. The van der Waals surface area contributed by atoms with Gasteiger partial charge in [0.2, 0.25) is 5.95 Å². The monoisotopic (exact) mass is 179 g/mol. The molecule has 4 nitrogen and oxygen atoms in total. The summed E-state index contributed by atoms with van der Waals surface area (Å²) in [6.45, 7) is 4.71.